The molecule has 3 aromatic heterocycles. The number of halogens is 5. The topological polar surface area (TPSA) is 130 Å². The lowest BCUT2D eigenvalue weighted by Crippen LogP contribution is -2.16. The first-order valence-electron chi connectivity index (χ1n) is 10.4. The Morgan fingerprint density at radius 2 is 1.84 bits per heavy atom. The van der Waals surface area contributed by atoms with E-state index in [4.69, 9.17) is 21.3 Å². The summed E-state index contributed by atoms with van der Waals surface area (Å²) in [5.41, 5.74) is -2.57. The first kappa shape index (κ1) is 26.0. The van der Waals surface area contributed by atoms with Gasteiger partial charge in [0.15, 0.2) is 16.5 Å². The summed E-state index contributed by atoms with van der Waals surface area (Å²) in [6.07, 6.45) is -4.14. The highest BCUT2D eigenvalue weighted by Gasteiger charge is 2.42. The van der Waals surface area contributed by atoms with Crippen molar-refractivity contribution in [3.8, 4) is 38.8 Å². The smallest absolute Gasteiger partial charge is 0.355 e. The number of sulfonamides is 1. The van der Waals surface area contributed by atoms with Crippen LogP contribution in [-0.2, 0) is 16.2 Å². The lowest BCUT2D eigenvalue weighted by atomic mass is 10.0. The molecule has 196 valence electrons. The van der Waals surface area contributed by atoms with Crippen LogP contribution in [0.2, 0.25) is 5.02 Å². The molecule has 0 atom stereocenters. The second-order valence-corrected chi connectivity index (χ2v) is 11.0. The van der Waals surface area contributed by atoms with Gasteiger partial charge in [0.25, 0.3) is 0 Å². The second kappa shape index (κ2) is 9.27. The normalized spacial score (nSPS) is 12.3. The molecule has 16 heteroatoms. The van der Waals surface area contributed by atoms with E-state index in [1.54, 1.807) is 6.92 Å². The molecule has 0 radical (unpaired) electrons. The molecule has 3 heterocycles. The van der Waals surface area contributed by atoms with E-state index in [0.29, 0.717) is 9.69 Å². The van der Waals surface area contributed by atoms with Crippen molar-refractivity contribution in [2.45, 2.75) is 18.0 Å². The fourth-order valence-corrected chi connectivity index (χ4v) is 5.28. The van der Waals surface area contributed by atoms with Crippen LogP contribution >= 0.6 is 22.9 Å². The fraction of sp³-hybridized carbons (Fsp3) is 0.0909. The molecule has 0 fully saturated rings. The van der Waals surface area contributed by atoms with Crippen molar-refractivity contribution in [3.63, 3.8) is 0 Å². The molecule has 2 N–H and O–H groups in total. The molecule has 0 amide bonds. The van der Waals surface area contributed by atoms with Crippen molar-refractivity contribution >= 4 is 33.0 Å². The minimum Gasteiger partial charge on any atom is -0.355 e. The van der Waals surface area contributed by atoms with Crippen molar-refractivity contribution in [3.05, 3.63) is 70.2 Å². The molecule has 0 saturated carbocycles. The summed E-state index contributed by atoms with van der Waals surface area (Å²) >= 11 is 7.23. The molecular weight excluding hydrogens is 572 g/mol. The Morgan fingerprint density at radius 3 is 2.47 bits per heavy atom. The standard InChI is InChI=1S/C22H13ClF4N6O3S2/c1-10-30-31-21(37-10)17-18(16-14(23)6-3-7-15(16)24)32-36-19(17)13-9-29-33(20(13)22(25,26)27)11-4-2-5-12(8-11)38(28,34)35/h2-9H,1H3,(H2,28,34,35). The minimum atomic E-state index is -5.01. The second-order valence-electron chi connectivity index (χ2n) is 7.82. The number of hydrogen-bond acceptors (Lipinski definition) is 8. The molecule has 0 aliphatic heterocycles. The van der Waals surface area contributed by atoms with E-state index in [2.05, 4.69) is 20.5 Å². The van der Waals surface area contributed by atoms with Crippen LogP contribution in [0.15, 0.2) is 58.1 Å². The maximum Gasteiger partial charge on any atom is 0.434 e. The maximum atomic E-state index is 14.8. The van der Waals surface area contributed by atoms with Crippen LogP contribution in [0.1, 0.15) is 10.7 Å². The van der Waals surface area contributed by atoms with Crippen LogP contribution in [0.4, 0.5) is 17.6 Å². The molecule has 0 aliphatic carbocycles. The molecule has 38 heavy (non-hydrogen) atoms. The predicted molar refractivity (Wildman–Crippen MR) is 129 cm³/mol. The number of nitrogens with zero attached hydrogens (tertiary/aromatic N) is 5. The SMILES string of the molecule is Cc1nnc(-c2c(-c3c(F)cccc3Cl)noc2-c2cnn(-c3cccc(S(N)(=O)=O)c3)c2C(F)(F)F)s1. The highest BCUT2D eigenvalue weighted by Crippen LogP contribution is 2.47. The highest BCUT2D eigenvalue weighted by molar-refractivity contribution is 7.89. The van der Waals surface area contributed by atoms with Crippen molar-refractivity contribution in [2.24, 2.45) is 5.14 Å². The Bertz CT molecular complexity index is 1780. The van der Waals surface area contributed by atoms with E-state index in [0.717, 1.165) is 35.7 Å². The van der Waals surface area contributed by atoms with Crippen LogP contribution in [0, 0.1) is 12.7 Å². The number of alkyl halides is 3. The molecule has 9 nitrogen and oxygen atoms in total. The zero-order valence-corrected chi connectivity index (χ0v) is 21.3. The van der Waals surface area contributed by atoms with Crippen LogP contribution in [-0.4, -0.2) is 33.6 Å². The van der Waals surface area contributed by atoms with E-state index in [1.807, 2.05) is 0 Å². The van der Waals surface area contributed by atoms with Gasteiger partial charge in [0, 0.05) is 0 Å². The zero-order valence-electron chi connectivity index (χ0n) is 18.9. The summed E-state index contributed by atoms with van der Waals surface area (Å²) in [6, 6.07) is 8.38. The maximum absolute atomic E-state index is 14.8. The molecule has 2 aromatic carbocycles. The van der Waals surface area contributed by atoms with Gasteiger partial charge in [0.2, 0.25) is 10.0 Å². The van der Waals surface area contributed by atoms with Gasteiger partial charge >= 0.3 is 6.18 Å². The van der Waals surface area contributed by atoms with Gasteiger partial charge in [0.1, 0.15) is 16.5 Å². The van der Waals surface area contributed by atoms with Gasteiger partial charge in [-0.1, -0.05) is 40.2 Å². The largest absolute Gasteiger partial charge is 0.434 e. The van der Waals surface area contributed by atoms with Crippen LogP contribution in [0.25, 0.3) is 38.8 Å². The van der Waals surface area contributed by atoms with Crippen molar-refractivity contribution < 1.29 is 30.5 Å². The predicted octanol–water partition coefficient (Wildman–Crippen LogP) is 5.48. The average molecular weight is 585 g/mol. The minimum absolute atomic E-state index is 0.0566. The summed E-state index contributed by atoms with van der Waals surface area (Å²) in [5.74, 6) is -1.21. The Balaban J connectivity index is 1.80. The van der Waals surface area contributed by atoms with Crippen LogP contribution in [0.3, 0.4) is 0 Å². The van der Waals surface area contributed by atoms with E-state index >= 15 is 0 Å². The molecule has 0 saturated heterocycles. The summed E-state index contributed by atoms with van der Waals surface area (Å²) in [4.78, 5) is -0.415. The third kappa shape index (κ3) is 4.57. The van der Waals surface area contributed by atoms with Gasteiger partial charge in [-0.3, -0.25) is 0 Å². The number of benzene rings is 2. The van der Waals surface area contributed by atoms with E-state index < -0.39 is 43.9 Å². The van der Waals surface area contributed by atoms with Gasteiger partial charge in [-0.25, -0.2) is 22.6 Å². The molecule has 5 aromatic rings. The third-order valence-electron chi connectivity index (χ3n) is 5.30. The molecule has 0 spiro atoms. The number of hydrogen-bond donors (Lipinski definition) is 1. The first-order valence-corrected chi connectivity index (χ1v) is 13.1. The first-order chi connectivity index (χ1) is 17.9. The fourth-order valence-electron chi connectivity index (χ4n) is 3.74. The number of rotatable bonds is 5. The molecule has 0 bridgehead atoms. The molecule has 5 rings (SSSR count). The number of aryl methyl sites for hydroxylation is 1. The number of aromatic nitrogens is 5. The van der Waals surface area contributed by atoms with E-state index in [-0.39, 0.29) is 32.5 Å². The number of nitrogens with two attached hydrogens (primary N) is 1. The van der Waals surface area contributed by atoms with Crippen LogP contribution in [0.5, 0.6) is 0 Å². The van der Waals surface area contributed by atoms with Crippen molar-refractivity contribution in [2.75, 3.05) is 0 Å². The monoisotopic (exact) mass is 584 g/mol. The Hall–Kier alpha value is -3.66. The summed E-state index contributed by atoms with van der Waals surface area (Å²) in [5, 5.41) is 21.3. The lowest BCUT2D eigenvalue weighted by molar-refractivity contribution is -0.142. The molecule has 0 aliphatic rings. The zero-order chi connectivity index (χ0) is 27.4. The number of primary sulfonamides is 1. The Kier molecular flexibility index (Phi) is 6.33. The van der Waals surface area contributed by atoms with Crippen molar-refractivity contribution in [1.82, 2.24) is 25.1 Å². The van der Waals surface area contributed by atoms with Gasteiger partial charge in [0.05, 0.1) is 38.5 Å². The molecular formula is C22H13ClF4N6O3S2. The van der Waals surface area contributed by atoms with Crippen molar-refractivity contribution in [1.29, 1.82) is 0 Å². The quantitative estimate of drug-likeness (QED) is 0.271. The van der Waals surface area contributed by atoms with Gasteiger partial charge in [-0.2, -0.15) is 18.3 Å². The highest BCUT2D eigenvalue weighted by atomic mass is 35.5. The third-order valence-corrected chi connectivity index (χ3v) is 7.39. The Morgan fingerprint density at radius 1 is 1.11 bits per heavy atom. The molecule has 0 unspecified atom stereocenters. The average Bonchev–Trinajstić information content (AvgIpc) is 3.56. The van der Waals surface area contributed by atoms with Gasteiger partial charge in [-0.05, 0) is 37.3 Å². The van der Waals surface area contributed by atoms with Gasteiger partial charge in [-0.15, -0.1) is 10.2 Å². The van der Waals surface area contributed by atoms with E-state index in [9.17, 15) is 26.0 Å². The Labute approximate surface area is 220 Å². The van der Waals surface area contributed by atoms with Crippen LogP contribution < -0.4 is 5.14 Å². The van der Waals surface area contributed by atoms with E-state index in [1.165, 1.54) is 24.3 Å². The summed E-state index contributed by atoms with van der Waals surface area (Å²) in [6.45, 7) is 1.63. The summed E-state index contributed by atoms with van der Waals surface area (Å²) < 4.78 is 87.6. The summed E-state index contributed by atoms with van der Waals surface area (Å²) in [7, 11) is -4.22. The van der Waals surface area contributed by atoms with Gasteiger partial charge < -0.3 is 4.52 Å². The lowest BCUT2D eigenvalue weighted by Gasteiger charge is -2.13.